The van der Waals surface area contributed by atoms with Crippen LogP contribution in [0.4, 0.5) is 0 Å². The lowest BCUT2D eigenvalue weighted by Gasteiger charge is -2.39. The molecule has 7 heteroatoms. The average molecular weight is 487 g/mol. The third-order valence-electron chi connectivity index (χ3n) is 4.91. The number of imidazole rings is 1. The molecule has 1 aliphatic heterocycles. The van der Waals surface area contributed by atoms with Gasteiger partial charge in [-0.3, -0.25) is 0 Å². The number of thiophene rings is 1. The predicted octanol–water partition coefficient (Wildman–Crippen LogP) is 4.17. The molecule has 3 rings (SSSR count). The summed E-state index contributed by atoms with van der Waals surface area (Å²) in [4.78, 5) is 14.3. The Bertz CT molecular complexity index is 682. The quantitative estimate of drug-likeness (QED) is 0.391. The molecule has 0 bridgehead atoms. The number of aliphatic imine (C=N–C) groups is 1. The number of nitrogens with one attached hydrogen (secondary N) is 1. The molecule has 1 fully saturated rings. The first kappa shape index (κ1) is 21.2. The van der Waals surface area contributed by atoms with Crippen LogP contribution in [0.2, 0.25) is 0 Å². The molecule has 0 spiro atoms. The maximum Gasteiger partial charge on any atom is 0.194 e. The smallest absolute Gasteiger partial charge is 0.194 e. The summed E-state index contributed by atoms with van der Waals surface area (Å²) in [5, 5.41) is 3.48. The van der Waals surface area contributed by atoms with E-state index in [4.69, 9.17) is 4.99 Å². The fourth-order valence-electron chi connectivity index (χ4n) is 3.37. The second-order valence-electron chi connectivity index (χ2n) is 6.68. The first-order valence-electron chi connectivity index (χ1n) is 9.29. The van der Waals surface area contributed by atoms with E-state index in [1.54, 1.807) is 0 Å². The van der Waals surface area contributed by atoms with Crippen molar-refractivity contribution in [1.82, 2.24) is 19.8 Å². The third kappa shape index (κ3) is 5.22. The van der Waals surface area contributed by atoms with Crippen molar-refractivity contribution >= 4 is 41.3 Å². The van der Waals surface area contributed by atoms with E-state index in [0.717, 1.165) is 38.6 Å². The number of halogens is 1. The maximum atomic E-state index is 4.91. The Kier molecular flexibility index (Phi) is 8.40. The summed E-state index contributed by atoms with van der Waals surface area (Å²) >= 11 is 1.87. The van der Waals surface area contributed by atoms with Crippen LogP contribution in [0.5, 0.6) is 0 Å². The highest BCUT2D eigenvalue weighted by Gasteiger charge is 2.28. The fraction of sp³-hybridized carbons (Fsp3) is 0.579. The largest absolute Gasteiger partial charge is 0.357 e. The van der Waals surface area contributed by atoms with Crippen molar-refractivity contribution in [3.63, 3.8) is 0 Å². The van der Waals surface area contributed by atoms with Gasteiger partial charge in [-0.05, 0) is 37.8 Å². The second kappa shape index (κ2) is 10.3. The number of guanidine groups is 1. The molecule has 5 nitrogen and oxygen atoms in total. The van der Waals surface area contributed by atoms with Crippen molar-refractivity contribution in [3.05, 3.63) is 40.6 Å². The molecule has 2 aromatic heterocycles. The standard InChI is InChI=1S/C19H29N5S.HI/c1-4-16-6-7-17(25-16)12-22-19(21-5-2)23-10-8-15(3)18(13-23)24-11-9-20-14-24;/h6-7,9,11,14-15,18H,4-5,8,10,12-13H2,1-3H3,(H,21,22);1H. The number of hydrogen-bond donors (Lipinski definition) is 1. The van der Waals surface area contributed by atoms with Crippen molar-refractivity contribution in [2.24, 2.45) is 10.9 Å². The summed E-state index contributed by atoms with van der Waals surface area (Å²) in [6.07, 6.45) is 8.16. The van der Waals surface area contributed by atoms with E-state index in [2.05, 4.69) is 58.9 Å². The van der Waals surface area contributed by atoms with Crippen LogP contribution in [0.3, 0.4) is 0 Å². The Hall–Kier alpha value is -1.09. The second-order valence-corrected chi connectivity index (χ2v) is 7.93. The zero-order valence-corrected chi connectivity index (χ0v) is 19.0. The van der Waals surface area contributed by atoms with Crippen LogP contribution in [-0.2, 0) is 13.0 Å². The van der Waals surface area contributed by atoms with Gasteiger partial charge in [-0.25, -0.2) is 9.98 Å². The molecule has 0 aromatic carbocycles. The van der Waals surface area contributed by atoms with Crippen molar-refractivity contribution in [1.29, 1.82) is 0 Å². The topological polar surface area (TPSA) is 45.5 Å². The summed E-state index contributed by atoms with van der Waals surface area (Å²) in [6, 6.07) is 4.89. The summed E-state index contributed by atoms with van der Waals surface area (Å²) < 4.78 is 2.24. The number of aromatic nitrogens is 2. The third-order valence-corrected chi connectivity index (χ3v) is 6.13. The predicted molar refractivity (Wildman–Crippen MR) is 121 cm³/mol. The zero-order chi connectivity index (χ0) is 17.6. The van der Waals surface area contributed by atoms with Crippen molar-refractivity contribution in [2.75, 3.05) is 19.6 Å². The summed E-state index contributed by atoms with van der Waals surface area (Å²) in [5.74, 6) is 1.68. The molecule has 2 atom stereocenters. The average Bonchev–Trinajstić information content (AvgIpc) is 3.31. The number of rotatable bonds is 5. The van der Waals surface area contributed by atoms with Crippen molar-refractivity contribution in [3.8, 4) is 0 Å². The highest BCUT2D eigenvalue weighted by atomic mass is 127. The van der Waals surface area contributed by atoms with Gasteiger partial charge in [0.15, 0.2) is 5.96 Å². The first-order valence-corrected chi connectivity index (χ1v) is 10.1. The van der Waals surface area contributed by atoms with Gasteiger partial charge in [-0.15, -0.1) is 35.3 Å². The van der Waals surface area contributed by atoms with Crippen LogP contribution >= 0.6 is 35.3 Å². The van der Waals surface area contributed by atoms with Crippen LogP contribution in [0.25, 0.3) is 0 Å². The normalized spacial score (nSPS) is 20.7. The van der Waals surface area contributed by atoms with Gasteiger partial charge in [-0.1, -0.05) is 13.8 Å². The van der Waals surface area contributed by atoms with Gasteiger partial charge in [0.2, 0.25) is 0 Å². The van der Waals surface area contributed by atoms with Gasteiger partial charge in [0, 0.05) is 41.8 Å². The maximum absolute atomic E-state index is 4.91. The Morgan fingerprint density at radius 3 is 2.81 bits per heavy atom. The SMILES string of the molecule is CCNC(=NCc1ccc(CC)s1)N1CCC(C)C(n2ccnc2)C1.I. The molecule has 1 saturated heterocycles. The zero-order valence-electron chi connectivity index (χ0n) is 15.9. The lowest BCUT2D eigenvalue weighted by molar-refractivity contribution is 0.189. The Morgan fingerprint density at radius 1 is 1.35 bits per heavy atom. The molecule has 26 heavy (non-hydrogen) atoms. The van der Waals surface area contributed by atoms with Crippen LogP contribution in [0, 0.1) is 5.92 Å². The summed E-state index contributed by atoms with van der Waals surface area (Å²) in [5.41, 5.74) is 0. The monoisotopic (exact) mass is 487 g/mol. The fourth-order valence-corrected chi connectivity index (χ4v) is 4.25. The minimum absolute atomic E-state index is 0. The number of nitrogens with zero attached hydrogens (tertiary/aromatic N) is 4. The van der Waals surface area contributed by atoms with Gasteiger partial charge in [0.25, 0.3) is 0 Å². The lowest BCUT2D eigenvalue weighted by Crippen LogP contribution is -2.49. The molecule has 3 heterocycles. The van der Waals surface area contributed by atoms with E-state index in [-0.39, 0.29) is 24.0 Å². The van der Waals surface area contributed by atoms with Crippen LogP contribution in [-0.4, -0.2) is 40.0 Å². The number of aryl methyl sites for hydroxylation is 1. The number of likely N-dealkylation sites (tertiary alicyclic amines) is 1. The van der Waals surface area contributed by atoms with E-state index in [9.17, 15) is 0 Å². The van der Waals surface area contributed by atoms with E-state index >= 15 is 0 Å². The Balaban J connectivity index is 0.00000243. The highest BCUT2D eigenvalue weighted by Crippen LogP contribution is 2.27. The minimum atomic E-state index is 0. The van der Waals surface area contributed by atoms with Gasteiger partial charge in [-0.2, -0.15) is 0 Å². The Labute approximate surface area is 177 Å². The molecule has 1 aliphatic rings. The molecular formula is C19H30IN5S. The summed E-state index contributed by atoms with van der Waals surface area (Å²) in [7, 11) is 0. The molecule has 0 aliphatic carbocycles. The van der Waals surface area contributed by atoms with E-state index in [1.165, 1.54) is 16.2 Å². The van der Waals surface area contributed by atoms with Gasteiger partial charge < -0.3 is 14.8 Å². The summed E-state index contributed by atoms with van der Waals surface area (Å²) in [6.45, 7) is 10.4. The molecule has 2 unspecified atom stereocenters. The van der Waals surface area contributed by atoms with Crippen LogP contribution < -0.4 is 5.32 Å². The van der Waals surface area contributed by atoms with Gasteiger partial charge in [0.05, 0.1) is 18.9 Å². The molecule has 144 valence electrons. The first-order chi connectivity index (χ1) is 12.2. The number of hydrogen-bond acceptors (Lipinski definition) is 3. The van der Waals surface area contributed by atoms with E-state index in [0.29, 0.717) is 12.0 Å². The van der Waals surface area contributed by atoms with Crippen molar-refractivity contribution < 1.29 is 0 Å². The van der Waals surface area contributed by atoms with E-state index < -0.39 is 0 Å². The number of piperidine rings is 1. The minimum Gasteiger partial charge on any atom is -0.357 e. The molecule has 0 saturated carbocycles. The highest BCUT2D eigenvalue weighted by molar-refractivity contribution is 14.0. The molecule has 1 N–H and O–H groups in total. The Morgan fingerprint density at radius 2 is 2.15 bits per heavy atom. The molecule has 2 aromatic rings. The molecule has 0 radical (unpaired) electrons. The van der Waals surface area contributed by atoms with Crippen LogP contribution in [0.15, 0.2) is 35.8 Å². The van der Waals surface area contributed by atoms with Crippen molar-refractivity contribution in [2.45, 2.75) is 46.2 Å². The lowest BCUT2D eigenvalue weighted by atomic mass is 9.93. The molecule has 0 amide bonds. The van der Waals surface area contributed by atoms with E-state index in [1.807, 2.05) is 23.9 Å². The van der Waals surface area contributed by atoms with Gasteiger partial charge >= 0.3 is 0 Å². The molecular weight excluding hydrogens is 457 g/mol. The van der Waals surface area contributed by atoms with Crippen LogP contribution in [0.1, 0.15) is 43.0 Å². The van der Waals surface area contributed by atoms with Gasteiger partial charge in [0.1, 0.15) is 0 Å².